The smallest absolute Gasteiger partial charge is 0.310 e. The first-order valence-corrected chi connectivity index (χ1v) is 5.77. The molecule has 18 heavy (non-hydrogen) atoms. The summed E-state index contributed by atoms with van der Waals surface area (Å²) >= 11 is 0. The molecule has 1 aromatic carbocycles. The molecule has 0 fully saturated rings. The van der Waals surface area contributed by atoms with E-state index in [1.54, 1.807) is 0 Å². The van der Waals surface area contributed by atoms with Gasteiger partial charge in [-0.2, -0.15) is 0 Å². The van der Waals surface area contributed by atoms with Gasteiger partial charge in [0.05, 0.1) is 12.1 Å². The quantitative estimate of drug-likeness (QED) is 0.777. The number of nitrogens with zero attached hydrogens (tertiary/aromatic N) is 1. The standard InChI is InChI=1S/C14H15NO3/c1-10-11(2)18-13(15-10)9-17-14(16)8-12-6-4-3-5-7-12/h3-7H,8-9H2,1-2H3. The molecule has 0 amide bonds. The van der Waals surface area contributed by atoms with E-state index in [4.69, 9.17) is 9.15 Å². The van der Waals surface area contributed by atoms with Crippen LogP contribution in [-0.4, -0.2) is 11.0 Å². The molecule has 1 aromatic heterocycles. The number of aryl methyl sites for hydroxylation is 2. The Balaban J connectivity index is 1.85. The molecule has 94 valence electrons. The number of carbonyl (C=O) groups is 1. The van der Waals surface area contributed by atoms with Gasteiger partial charge >= 0.3 is 5.97 Å². The van der Waals surface area contributed by atoms with Crippen LogP contribution in [0.2, 0.25) is 0 Å². The normalized spacial score (nSPS) is 10.3. The Labute approximate surface area is 106 Å². The third-order valence-electron chi connectivity index (χ3n) is 2.62. The molecule has 2 aromatic rings. The van der Waals surface area contributed by atoms with Crippen molar-refractivity contribution in [2.75, 3.05) is 0 Å². The molecule has 2 rings (SSSR count). The van der Waals surface area contributed by atoms with E-state index in [-0.39, 0.29) is 19.0 Å². The minimum Gasteiger partial charge on any atom is -0.455 e. The van der Waals surface area contributed by atoms with Crippen molar-refractivity contribution in [2.45, 2.75) is 26.9 Å². The second kappa shape index (κ2) is 5.49. The van der Waals surface area contributed by atoms with Crippen LogP contribution in [0.1, 0.15) is 22.9 Å². The Hall–Kier alpha value is -2.10. The molecule has 0 saturated carbocycles. The van der Waals surface area contributed by atoms with Crippen LogP contribution in [0.15, 0.2) is 34.7 Å². The average molecular weight is 245 g/mol. The van der Waals surface area contributed by atoms with E-state index in [2.05, 4.69) is 4.98 Å². The molecule has 0 aliphatic heterocycles. The zero-order valence-electron chi connectivity index (χ0n) is 10.5. The molecule has 0 atom stereocenters. The monoisotopic (exact) mass is 245 g/mol. The summed E-state index contributed by atoms with van der Waals surface area (Å²) in [5.74, 6) is 0.908. The zero-order valence-corrected chi connectivity index (χ0v) is 10.5. The summed E-state index contributed by atoms with van der Waals surface area (Å²) in [5, 5.41) is 0. The highest BCUT2D eigenvalue weighted by atomic mass is 16.5. The van der Waals surface area contributed by atoms with Crippen LogP contribution in [0.25, 0.3) is 0 Å². The number of ether oxygens (including phenoxy) is 1. The van der Waals surface area contributed by atoms with Gasteiger partial charge in [-0.15, -0.1) is 0 Å². The lowest BCUT2D eigenvalue weighted by atomic mass is 10.2. The number of benzene rings is 1. The van der Waals surface area contributed by atoms with Gasteiger partial charge in [-0.1, -0.05) is 30.3 Å². The second-order valence-corrected chi connectivity index (χ2v) is 4.07. The van der Waals surface area contributed by atoms with E-state index < -0.39 is 0 Å². The Morgan fingerprint density at radius 3 is 2.61 bits per heavy atom. The number of esters is 1. The fourth-order valence-electron chi connectivity index (χ4n) is 1.56. The molecule has 0 aliphatic rings. The van der Waals surface area contributed by atoms with Gasteiger partial charge in [0.1, 0.15) is 5.76 Å². The maximum atomic E-state index is 11.6. The van der Waals surface area contributed by atoms with E-state index in [0.717, 1.165) is 17.0 Å². The van der Waals surface area contributed by atoms with Gasteiger partial charge < -0.3 is 9.15 Å². The highest BCUT2D eigenvalue weighted by molar-refractivity contribution is 5.72. The Bertz CT molecular complexity index is 512. The predicted octanol–water partition coefficient (Wildman–Crippen LogP) is 2.58. The average Bonchev–Trinajstić information content (AvgIpc) is 2.68. The Kier molecular flexibility index (Phi) is 3.77. The van der Waals surface area contributed by atoms with E-state index in [1.165, 1.54) is 0 Å². The van der Waals surface area contributed by atoms with E-state index in [9.17, 15) is 4.79 Å². The lowest BCUT2D eigenvalue weighted by Gasteiger charge is -2.02. The largest absolute Gasteiger partial charge is 0.455 e. The van der Waals surface area contributed by atoms with E-state index >= 15 is 0 Å². The van der Waals surface area contributed by atoms with E-state index in [0.29, 0.717) is 5.89 Å². The zero-order chi connectivity index (χ0) is 13.0. The van der Waals surface area contributed by atoms with Crippen molar-refractivity contribution in [3.05, 3.63) is 53.2 Å². The van der Waals surface area contributed by atoms with Crippen LogP contribution in [0, 0.1) is 13.8 Å². The van der Waals surface area contributed by atoms with Gasteiger partial charge in [-0.05, 0) is 19.4 Å². The van der Waals surface area contributed by atoms with Crippen molar-refractivity contribution in [1.82, 2.24) is 4.98 Å². The molecule has 0 aliphatic carbocycles. The molecule has 0 unspecified atom stereocenters. The van der Waals surface area contributed by atoms with E-state index in [1.807, 2.05) is 44.2 Å². The second-order valence-electron chi connectivity index (χ2n) is 4.07. The molecule has 4 heteroatoms. The Morgan fingerprint density at radius 1 is 1.28 bits per heavy atom. The predicted molar refractivity (Wildman–Crippen MR) is 65.9 cm³/mol. The summed E-state index contributed by atoms with van der Waals surface area (Å²) in [6, 6.07) is 9.47. The van der Waals surface area contributed by atoms with Crippen LogP contribution in [0.5, 0.6) is 0 Å². The van der Waals surface area contributed by atoms with Gasteiger partial charge in [0.25, 0.3) is 0 Å². The van der Waals surface area contributed by atoms with Gasteiger partial charge in [0.2, 0.25) is 5.89 Å². The van der Waals surface area contributed by atoms with Gasteiger partial charge in [0, 0.05) is 0 Å². The van der Waals surface area contributed by atoms with Crippen molar-refractivity contribution in [2.24, 2.45) is 0 Å². The summed E-state index contributed by atoms with van der Waals surface area (Å²) in [7, 11) is 0. The highest BCUT2D eigenvalue weighted by Crippen LogP contribution is 2.09. The molecular formula is C14H15NO3. The molecule has 0 N–H and O–H groups in total. The SMILES string of the molecule is Cc1nc(COC(=O)Cc2ccccc2)oc1C. The summed E-state index contributed by atoms with van der Waals surface area (Å²) in [4.78, 5) is 15.7. The minimum atomic E-state index is -0.283. The molecule has 0 bridgehead atoms. The Morgan fingerprint density at radius 2 is 2.00 bits per heavy atom. The van der Waals surface area contributed by atoms with Crippen LogP contribution in [-0.2, 0) is 22.6 Å². The summed E-state index contributed by atoms with van der Waals surface area (Å²) < 4.78 is 10.4. The number of hydrogen-bond donors (Lipinski definition) is 0. The lowest BCUT2D eigenvalue weighted by molar-refractivity contribution is -0.144. The highest BCUT2D eigenvalue weighted by Gasteiger charge is 2.09. The van der Waals surface area contributed by atoms with Crippen molar-refractivity contribution < 1.29 is 13.9 Å². The number of aromatic nitrogens is 1. The maximum Gasteiger partial charge on any atom is 0.310 e. The molecule has 4 nitrogen and oxygen atoms in total. The molecule has 0 spiro atoms. The molecule has 0 saturated heterocycles. The van der Waals surface area contributed by atoms with Gasteiger partial charge in [-0.3, -0.25) is 4.79 Å². The maximum absolute atomic E-state index is 11.6. The topological polar surface area (TPSA) is 52.3 Å². The first kappa shape index (κ1) is 12.4. The molecule has 0 radical (unpaired) electrons. The fraction of sp³-hybridized carbons (Fsp3) is 0.286. The molecule has 1 heterocycles. The number of hydrogen-bond acceptors (Lipinski definition) is 4. The van der Waals surface area contributed by atoms with Crippen LogP contribution >= 0.6 is 0 Å². The number of rotatable bonds is 4. The van der Waals surface area contributed by atoms with Crippen molar-refractivity contribution in [3.8, 4) is 0 Å². The summed E-state index contributed by atoms with van der Waals surface area (Å²) in [6.45, 7) is 3.77. The fourth-order valence-corrected chi connectivity index (χ4v) is 1.56. The van der Waals surface area contributed by atoms with Gasteiger partial charge in [0.15, 0.2) is 6.61 Å². The number of carbonyl (C=O) groups excluding carboxylic acids is 1. The van der Waals surface area contributed by atoms with Crippen LogP contribution in [0.3, 0.4) is 0 Å². The van der Waals surface area contributed by atoms with Crippen LogP contribution < -0.4 is 0 Å². The summed E-state index contributed by atoms with van der Waals surface area (Å²) in [6.07, 6.45) is 0.263. The first-order valence-electron chi connectivity index (χ1n) is 5.77. The first-order chi connectivity index (χ1) is 8.65. The van der Waals surface area contributed by atoms with Crippen molar-refractivity contribution >= 4 is 5.97 Å². The summed E-state index contributed by atoms with van der Waals surface area (Å²) in [5.41, 5.74) is 1.76. The lowest BCUT2D eigenvalue weighted by Crippen LogP contribution is -2.08. The van der Waals surface area contributed by atoms with Crippen molar-refractivity contribution in [3.63, 3.8) is 0 Å². The third kappa shape index (κ3) is 3.20. The van der Waals surface area contributed by atoms with Gasteiger partial charge in [-0.25, -0.2) is 4.98 Å². The van der Waals surface area contributed by atoms with Crippen LogP contribution in [0.4, 0.5) is 0 Å². The number of oxazole rings is 1. The minimum absolute atomic E-state index is 0.0837. The molecular weight excluding hydrogens is 230 g/mol. The third-order valence-corrected chi connectivity index (χ3v) is 2.62. The van der Waals surface area contributed by atoms with Crippen molar-refractivity contribution in [1.29, 1.82) is 0 Å².